The second-order valence-electron chi connectivity index (χ2n) is 10.4. The number of piperidine rings is 1. The van der Waals surface area contributed by atoms with E-state index in [2.05, 4.69) is 4.98 Å². The van der Waals surface area contributed by atoms with Crippen LogP contribution in [0.1, 0.15) is 24.1 Å². The summed E-state index contributed by atoms with van der Waals surface area (Å²) in [5.74, 6) is 0.122. The van der Waals surface area contributed by atoms with Gasteiger partial charge in [0.05, 0.1) is 24.3 Å². The SMILES string of the molecule is O=C(OCc1ccccc1)N1CCC(Cn2cncc2CN2C(=O)CN(c3cccc4ccccc34)C2=O)CC1. The van der Waals surface area contributed by atoms with E-state index in [-0.39, 0.29) is 37.7 Å². The quantitative estimate of drug-likeness (QED) is 0.308. The van der Waals surface area contributed by atoms with Crippen LogP contribution in [0.5, 0.6) is 0 Å². The maximum Gasteiger partial charge on any atom is 0.410 e. The number of amides is 4. The zero-order valence-electron chi connectivity index (χ0n) is 22.2. The Balaban J connectivity index is 1.05. The van der Waals surface area contributed by atoms with Gasteiger partial charge in [-0.25, -0.2) is 14.6 Å². The number of carbonyl (C=O) groups is 3. The summed E-state index contributed by atoms with van der Waals surface area (Å²) in [7, 11) is 0. The minimum absolute atomic E-state index is 0.0137. The number of benzene rings is 3. The number of anilines is 1. The van der Waals surface area contributed by atoms with Gasteiger partial charge in [0, 0.05) is 31.2 Å². The van der Waals surface area contributed by atoms with E-state index in [0.29, 0.717) is 25.6 Å². The van der Waals surface area contributed by atoms with Crippen LogP contribution in [0.4, 0.5) is 15.3 Å². The molecule has 0 radical (unpaired) electrons. The predicted octanol–water partition coefficient (Wildman–Crippen LogP) is 5.05. The van der Waals surface area contributed by atoms with Gasteiger partial charge in [-0.1, -0.05) is 66.7 Å². The van der Waals surface area contributed by atoms with Gasteiger partial charge in [0.2, 0.25) is 0 Å². The summed E-state index contributed by atoms with van der Waals surface area (Å²) in [6, 6.07) is 23.0. The molecule has 9 nitrogen and oxygen atoms in total. The van der Waals surface area contributed by atoms with Crippen LogP contribution in [-0.2, 0) is 29.2 Å². The van der Waals surface area contributed by atoms with E-state index in [4.69, 9.17) is 4.74 Å². The molecular formula is C31H31N5O4. The fourth-order valence-electron chi connectivity index (χ4n) is 5.52. The zero-order chi connectivity index (χ0) is 27.5. The Bertz CT molecular complexity index is 1520. The van der Waals surface area contributed by atoms with Gasteiger partial charge in [-0.3, -0.25) is 14.6 Å². The lowest BCUT2D eigenvalue weighted by Gasteiger charge is -2.31. The van der Waals surface area contributed by atoms with Crippen molar-refractivity contribution < 1.29 is 19.1 Å². The highest BCUT2D eigenvalue weighted by Crippen LogP contribution is 2.30. The van der Waals surface area contributed by atoms with Crippen molar-refractivity contribution in [1.82, 2.24) is 19.4 Å². The van der Waals surface area contributed by atoms with Crippen molar-refractivity contribution in [3.05, 3.63) is 96.6 Å². The molecule has 0 aliphatic carbocycles. The molecule has 40 heavy (non-hydrogen) atoms. The third-order valence-electron chi connectivity index (χ3n) is 7.77. The number of likely N-dealkylation sites (tertiary alicyclic amines) is 1. The Morgan fingerprint density at radius 1 is 0.925 bits per heavy atom. The molecule has 6 rings (SSSR count). The molecule has 4 aromatic rings. The van der Waals surface area contributed by atoms with E-state index in [1.165, 1.54) is 4.90 Å². The molecule has 0 N–H and O–H groups in total. The Labute approximate surface area is 232 Å². The molecule has 0 bridgehead atoms. The number of aromatic nitrogens is 2. The third kappa shape index (κ3) is 5.27. The number of carbonyl (C=O) groups excluding carboxylic acids is 3. The van der Waals surface area contributed by atoms with E-state index in [1.54, 1.807) is 22.3 Å². The van der Waals surface area contributed by atoms with Crippen LogP contribution >= 0.6 is 0 Å². The van der Waals surface area contributed by atoms with Crippen molar-refractivity contribution in [1.29, 1.82) is 0 Å². The molecule has 2 saturated heterocycles. The summed E-state index contributed by atoms with van der Waals surface area (Å²) in [5.41, 5.74) is 2.52. The highest BCUT2D eigenvalue weighted by Gasteiger charge is 2.38. The van der Waals surface area contributed by atoms with Crippen LogP contribution in [0.15, 0.2) is 85.3 Å². The van der Waals surface area contributed by atoms with Gasteiger partial charge >= 0.3 is 12.1 Å². The molecule has 2 fully saturated rings. The first-order valence-corrected chi connectivity index (χ1v) is 13.6. The average Bonchev–Trinajstić information content (AvgIpc) is 3.55. The molecular weight excluding hydrogens is 506 g/mol. The normalized spacial score (nSPS) is 16.2. The number of hydrogen-bond donors (Lipinski definition) is 0. The van der Waals surface area contributed by atoms with E-state index in [9.17, 15) is 14.4 Å². The van der Waals surface area contributed by atoms with Gasteiger partial charge in [-0.15, -0.1) is 0 Å². The minimum Gasteiger partial charge on any atom is -0.445 e. The Kier molecular flexibility index (Phi) is 7.18. The van der Waals surface area contributed by atoms with Gasteiger partial charge < -0.3 is 14.2 Å². The Morgan fingerprint density at radius 3 is 2.50 bits per heavy atom. The van der Waals surface area contributed by atoms with Crippen LogP contribution in [0, 0.1) is 5.92 Å². The van der Waals surface area contributed by atoms with E-state index in [1.807, 2.05) is 77.4 Å². The second-order valence-corrected chi connectivity index (χ2v) is 10.4. The van der Waals surface area contributed by atoms with E-state index in [0.717, 1.165) is 40.6 Å². The van der Waals surface area contributed by atoms with E-state index >= 15 is 0 Å². The smallest absolute Gasteiger partial charge is 0.410 e. The highest BCUT2D eigenvalue weighted by molar-refractivity contribution is 6.15. The van der Waals surface area contributed by atoms with Crippen molar-refractivity contribution in [2.75, 3.05) is 24.5 Å². The Morgan fingerprint density at radius 2 is 1.68 bits per heavy atom. The summed E-state index contributed by atoms with van der Waals surface area (Å²) in [6.07, 6.45) is 4.87. The molecule has 3 heterocycles. The molecule has 2 aliphatic heterocycles. The fraction of sp³-hybridized carbons (Fsp3) is 0.290. The van der Waals surface area contributed by atoms with Gasteiger partial charge in [0.25, 0.3) is 5.91 Å². The van der Waals surface area contributed by atoms with Crippen molar-refractivity contribution in [3.63, 3.8) is 0 Å². The number of hydrogen-bond acceptors (Lipinski definition) is 5. The topological polar surface area (TPSA) is 88.0 Å². The first kappa shape index (κ1) is 25.6. The summed E-state index contributed by atoms with van der Waals surface area (Å²) in [4.78, 5) is 47.8. The van der Waals surface area contributed by atoms with Crippen molar-refractivity contribution in [3.8, 4) is 0 Å². The summed E-state index contributed by atoms with van der Waals surface area (Å²) in [5, 5.41) is 1.96. The van der Waals surface area contributed by atoms with Crippen LogP contribution in [-0.4, -0.2) is 57.0 Å². The first-order valence-electron chi connectivity index (χ1n) is 13.6. The molecule has 0 spiro atoms. The summed E-state index contributed by atoms with van der Waals surface area (Å²) < 4.78 is 7.51. The minimum atomic E-state index is -0.323. The molecule has 4 amide bonds. The molecule has 9 heteroatoms. The molecule has 204 valence electrons. The first-order chi connectivity index (χ1) is 19.6. The van der Waals surface area contributed by atoms with Crippen LogP contribution in [0.2, 0.25) is 0 Å². The maximum atomic E-state index is 13.4. The maximum absolute atomic E-state index is 13.4. The number of imidazole rings is 1. The second kappa shape index (κ2) is 11.2. The third-order valence-corrected chi connectivity index (χ3v) is 7.77. The van der Waals surface area contributed by atoms with Crippen LogP contribution in [0.3, 0.4) is 0 Å². The predicted molar refractivity (Wildman–Crippen MR) is 150 cm³/mol. The standard InChI is InChI=1S/C31H31N5O4/c37-29-20-35(28-12-6-10-25-9-4-5-11-27(25)28)30(38)36(29)19-26-17-32-22-34(26)18-23-13-15-33(16-14-23)31(39)40-21-24-7-2-1-3-8-24/h1-12,17,22-23H,13-16,18-21H2. The fourth-order valence-corrected chi connectivity index (χ4v) is 5.52. The number of urea groups is 1. The highest BCUT2D eigenvalue weighted by atomic mass is 16.6. The van der Waals surface area contributed by atoms with Gasteiger partial charge in [-0.2, -0.15) is 0 Å². The molecule has 3 aromatic carbocycles. The summed E-state index contributed by atoms with van der Waals surface area (Å²) in [6.45, 7) is 2.43. The number of fused-ring (bicyclic) bond motifs is 1. The monoisotopic (exact) mass is 537 g/mol. The van der Waals surface area contributed by atoms with E-state index < -0.39 is 0 Å². The molecule has 0 unspecified atom stereocenters. The van der Waals surface area contributed by atoms with Crippen molar-refractivity contribution in [2.45, 2.75) is 32.5 Å². The lowest BCUT2D eigenvalue weighted by Crippen LogP contribution is -2.39. The number of ether oxygens (including phenoxy) is 1. The van der Waals surface area contributed by atoms with Gasteiger partial charge in [-0.05, 0) is 35.8 Å². The van der Waals surface area contributed by atoms with Gasteiger partial charge in [0.1, 0.15) is 13.2 Å². The van der Waals surface area contributed by atoms with Crippen molar-refractivity contribution >= 4 is 34.5 Å². The largest absolute Gasteiger partial charge is 0.445 e. The van der Waals surface area contributed by atoms with Crippen LogP contribution in [0.25, 0.3) is 10.8 Å². The van der Waals surface area contributed by atoms with Crippen LogP contribution < -0.4 is 4.90 Å². The molecule has 2 aliphatic rings. The molecule has 1 aromatic heterocycles. The lowest BCUT2D eigenvalue weighted by atomic mass is 9.97. The zero-order valence-corrected chi connectivity index (χ0v) is 22.2. The molecule has 0 saturated carbocycles. The summed E-state index contributed by atoms with van der Waals surface area (Å²) >= 11 is 0. The average molecular weight is 538 g/mol. The van der Waals surface area contributed by atoms with Gasteiger partial charge in [0.15, 0.2) is 0 Å². The Hall–Kier alpha value is -4.66. The van der Waals surface area contributed by atoms with Crippen molar-refractivity contribution in [2.24, 2.45) is 5.92 Å². The number of imide groups is 1. The number of rotatable bonds is 7. The molecule has 0 atom stereocenters. The lowest BCUT2D eigenvalue weighted by molar-refractivity contribution is -0.125. The number of nitrogens with zero attached hydrogens (tertiary/aromatic N) is 5.